The van der Waals surface area contributed by atoms with Crippen LogP contribution >= 0.6 is 11.8 Å². The number of thioether (sulfide) groups is 1. The molecule has 0 fully saturated rings. The number of benzene rings is 2. The number of carboxylic acids is 1. The number of aliphatic carboxylic acids is 1. The fraction of sp³-hybridized carbons (Fsp3) is 0.100. The number of carbonyl (C=O) groups is 2. The molecule has 1 unspecified atom stereocenters. The number of ketones is 1. The molecule has 2 aliphatic rings. The maximum absolute atomic E-state index is 13.1. The van der Waals surface area contributed by atoms with Gasteiger partial charge < -0.3 is 5.11 Å². The maximum atomic E-state index is 13.1. The molecule has 1 aliphatic carbocycles. The number of carboxylic acid groups (broad SMARTS) is 1. The van der Waals surface area contributed by atoms with Crippen molar-refractivity contribution in [3.63, 3.8) is 0 Å². The van der Waals surface area contributed by atoms with E-state index in [1.54, 1.807) is 18.2 Å². The molecule has 1 heterocycles. The Morgan fingerprint density at radius 3 is 2.41 bits per heavy atom. The first-order chi connectivity index (χ1) is 12.9. The van der Waals surface area contributed by atoms with Crippen LogP contribution in [0.2, 0.25) is 0 Å². The monoisotopic (exact) mass is 398 g/mol. The lowest BCUT2D eigenvalue weighted by Crippen LogP contribution is -2.34. The highest BCUT2D eigenvalue weighted by atomic mass is 32.2. The van der Waals surface area contributed by atoms with Gasteiger partial charge in [-0.3, -0.25) is 9.59 Å². The number of rotatable bonds is 3. The third-order valence-corrected chi connectivity index (χ3v) is 7.65. The van der Waals surface area contributed by atoms with Crippen molar-refractivity contribution in [2.45, 2.75) is 16.2 Å². The maximum Gasteiger partial charge on any atom is 0.319 e. The van der Waals surface area contributed by atoms with Gasteiger partial charge in [-0.2, -0.15) is 0 Å². The molecule has 4 rings (SSSR count). The van der Waals surface area contributed by atoms with E-state index in [1.165, 1.54) is 30.0 Å². The summed E-state index contributed by atoms with van der Waals surface area (Å²) >= 11 is 1.30. The van der Waals surface area contributed by atoms with Crippen LogP contribution in [0.5, 0.6) is 0 Å². The summed E-state index contributed by atoms with van der Waals surface area (Å²) < 4.78 is 26.1. The summed E-state index contributed by atoms with van der Waals surface area (Å²) in [6.45, 7) is 0. The second kappa shape index (κ2) is 6.51. The largest absolute Gasteiger partial charge is 0.480 e. The lowest BCUT2D eigenvalue weighted by atomic mass is 9.88. The van der Waals surface area contributed by atoms with Gasteiger partial charge in [0.1, 0.15) is 0 Å². The number of allylic oxidation sites excluding steroid dienone is 2. The lowest BCUT2D eigenvalue weighted by Gasteiger charge is -2.27. The molecule has 1 atom stereocenters. The molecule has 0 saturated heterocycles. The van der Waals surface area contributed by atoms with Crippen LogP contribution in [0.25, 0.3) is 0 Å². The standard InChI is InChI=1S/C20H14O5S2/c21-19-14-10-12-6-4-5-9-15(12)26-16(14)11-17(18(19)20(22)23)27(24,25)13-7-2-1-3-8-13/h1-9,11,18H,10H2,(H,22,23). The van der Waals surface area contributed by atoms with Crippen LogP contribution in [-0.4, -0.2) is 25.3 Å². The molecule has 0 radical (unpaired) electrons. The highest BCUT2D eigenvalue weighted by Gasteiger charge is 2.44. The summed E-state index contributed by atoms with van der Waals surface area (Å²) in [6.07, 6.45) is 1.66. The van der Waals surface area contributed by atoms with Crippen molar-refractivity contribution >= 4 is 33.4 Å². The van der Waals surface area contributed by atoms with Gasteiger partial charge in [0, 0.05) is 21.8 Å². The average molecular weight is 398 g/mol. The minimum Gasteiger partial charge on any atom is -0.480 e. The third kappa shape index (κ3) is 2.93. The van der Waals surface area contributed by atoms with Crippen LogP contribution in [0.4, 0.5) is 0 Å². The van der Waals surface area contributed by atoms with Crippen molar-refractivity contribution in [3.05, 3.63) is 81.6 Å². The van der Waals surface area contributed by atoms with Crippen LogP contribution in [0, 0.1) is 5.92 Å². The Kier molecular flexibility index (Phi) is 4.28. The summed E-state index contributed by atoms with van der Waals surface area (Å²) in [5.74, 6) is -3.84. The topological polar surface area (TPSA) is 88.5 Å². The summed E-state index contributed by atoms with van der Waals surface area (Å²) in [6, 6.07) is 15.1. The van der Waals surface area contributed by atoms with E-state index in [1.807, 2.05) is 24.3 Å². The number of fused-ring (bicyclic) bond motifs is 1. The molecule has 2 aromatic carbocycles. The van der Waals surface area contributed by atoms with E-state index in [4.69, 9.17) is 0 Å². The van der Waals surface area contributed by atoms with Gasteiger partial charge >= 0.3 is 5.97 Å². The highest BCUT2D eigenvalue weighted by molar-refractivity contribution is 8.03. The fourth-order valence-electron chi connectivity index (χ4n) is 3.25. The summed E-state index contributed by atoms with van der Waals surface area (Å²) in [7, 11) is -4.11. The van der Waals surface area contributed by atoms with Crippen LogP contribution in [0.3, 0.4) is 0 Å². The Labute approximate surface area is 160 Å². The Morgan fingerprint density at radius 1 is 1.04 bits per heavy atom. The first kappa shape index (κ1) is 17.8. The molecule has 0 amide bonds. The number of Topliss-reactive ketones (excluding diaryl/α,β-unsaturated/α-hetero) is 1. The second-order valence-corrected chi connectivity index (χ2v) is 9.26. The van der Waals surface area contributed by atoms with Gasteiger partial charge in [0.15, 0.2) is 11.7 Å². The third-order valence-electron chi connectivity index (χ3n) is 4.59. The van der Waals surface area contributed by atoms with Gasteiger partial charge in [0.25, 0.3) is 0 Å². The average Bonchev–Trinajstić information content (AvgIpc) is 2.67. The van der Waals surface area contributed by atoms with Crippen molar-refractivity contribution in [3.8, 4) is 0 Å². The molecule has 0 bridgehead atoms. The molecule has 0 saturated carbocycles. The van der Waals surface area contributed by atoms with Crippen LogP contribution in [0.1, 0.15) is 5.56 Å². The van der Waals surface area contributed by atoms with E-state index in [-0.39, 0.29) is 9.80 Å². The SMILES string of the molecule is O=C(O)C1C(=O)C2=C(C=C1S(=O)(=O)c1ccccc1)Sc1ccccc1C2. The Hall–Kier alpha value is -2.64. The number of hydrogen-bond acceptors (Lipinski definition) is 5. The van der Waals surface area contributed by atoms with E-state index >= 15 is 0 Å². The Bertz CT molecular complexity index is 1130. The Morgan fingerprint density at radius 2 is 1.70 bits per heavy atom. The molecule has 1 aliphatic heterocycles. The van der Waals surface area contributed by atoms with Gasteiger partial charge in [-0.05, 0) is 29.8 Å². The normalized spacial score (nSPS) is 19.2. The lowest BCUT2D eigenvalue weighted by molar-refractivity contribution is -0.143. The van der Waals surface area contributed by atoms with Gasteiger partial charge in [-0.1, -0.05) is 48.2 Å². The quantitative estimate of drug-likeness (QED) is 0.799. The molecule has 27 heavy (non-hydrogen) atoms. The molecule has 136 valence electrons. The van der Waals surface area contributed by atoms with Crippen LogP contribution < -0.4 is 0 Å². The molecular formula is C20H14O5S2. The second-order valence-electron chi connectivity index (χ2n) is 6.23. The first-order valence-corrected chi connectivity index (χ1v) is 10.5. The van der Waals surface area contributed by atoms with Crippen molar-refractivity contribution < 1.29 is 23.1 Å². The molecule has 2 aromatic rings. The summed E-state index contributed by atoms with van der Waals surface area (Å²) in [5.41, 5.74) is 1.29. The minimum atomic E-state index is -4.11. The molecule has 1 N–H and O–H groups in total. The Balaban J connectivity index is 1.88. The highest BCUT2D eigenvalue weighted by Crippen LogP contribution is 2.45. The molecular weight excluding hydrogens is 384 g/mol. The van der Waals surface area contributed by atoms with Crippen LogP contribution in [-0.2, 0) is 25.8 Å². The van der Waals surface area contributed by atoms with Crippen molar-refractivity contribution in [1.82, 2.24) is 0 Å². The van der Waals surface area contributed by atoms with Crippen LogP contribution in [0.15, 0.2) is 85.8 Å². The van der Waals surface area contributed by atoms with Crippen molar-refractivity contribution in [2.24, 2.45) is 5.92 Å². The van der Waals surface area contributed by atoms with Gasteiger partial charge in [0.2, 0.25) is 9.84 Å². The van der Waals surface area contributed by atoms with E-state index in [2.05, 4.69) is 0 Å². The first-order valence-electron chi connectivity index (χ1n) is 8.17. The summed E-state index contributed by atoms with van der Waals surface area (Å²) in [4.78, 5) is 25.8. The zero-order valence-corrected chi connectivity index (χ0v) is 15.6. The zero-order chi connectivity index (χ0) is 19.2. The van der Waals surface area contributed by atoms with Gasteiger partial charge in [0.05, 0.1) is 9.80 Å². The van der Waals surface area contributed by atoms with E-state index in [9.17, 15) is 23.1 Å². The smallest absolute Gasteiger partial charge is 0.319 e. The number of sulfone groups is 1. The zero-order valence-electron chi connectivity index (χ0n) is 14.0. The predicted octanol–water partition coefficient (Wildman–Crippen LogP) is 3.23. The minimum absolute atomic E-state index is 0.0273. The van der Waals surface area contributed by atoms with E-state index in [0.29, 0.717) is 16.9 Å². The summed E-state index contributed by atoms with van der Waals surface area (Å²) in [5, 5.41) is 9.62. The molecule has 0 aromatic heterocycles. The number of hydrogen-bond donors (Lipinski definition) is 1. The molecule has 0 spiro atoms. The van der Waals surface area contributed by atoms with Gasteiger partial charge in [-0.15, -0.1) is 0 Å². The molecule has 7 heteroatoms. The fourth-order valence-corrected chi connectivity index (χ4v) is 6.04. The van der Waals surface area contributed by atoms with Gasteiger partial charge in [-0.25, -0.2) is 8.42 Å². The van der Waals surface area contributed by atoms with E-state index < -0.39 is 27.5 Å². The molecule has 5 nitrogen and oxygen atoms in total. The predicted molar refractivity (Wildman–Crippen MR) is 101 cm³/mol. The number of carbonyl (C=O) groups excluding carboxylic acids is 1. The van der Waals surface area contributed by atoms with E-state index in [0.717, 1.165) is 10.5 Å². The van der Waals surface area contributed by atoms with Crippen molar-refractivity contribution in [2.75, 3.05) is 0 Å². The van der Waals surface area contributed by atoms with Crippen molar-refractivity contribution in [1.29, 1.82) is 0 Å².